The van der Waals surface area contributed by atoms with E-state index in [1.807, 2.05) is 6.07 Å². The number of ether oxygens (including phenoxy) is 1. The zero-order valence-corrected chi connectivity index (χ0v) is 9.96. The summed E-state index contributed by atoms with van der Waals surface area (Å²) in [5.74, 6) is 0. The second-order valence-electron chi connectivity index (χ2n) is 4.59. The van der Waals surface area contributed by atoms with E-state index < -0.39 is 0 Å². The highest BCUT2D eigenvalue weighted by atomic mass is 35.5. The second-order valence-corrected chi connectivity index (χ2v) is 5.02. The van der Waals surface area contributed by atoms with Crippen LogP contribution in [0.3, 0.4) is 0 Å². The summed E-state index contributed by atoms with van der Waals surface area (Å²) in [5, 5.41) is 4.37. The molecule has 0 radical (unpaired) electrons. The molecule has 1 heterocycles. The number of morpholine rings is 1. The standard InChI is InChI=1S/C13H16ClNO/c14-10-5-4-9-2-1-3-12-13(11(9)8-10)16-7-6-15-12/h4-5,8,12-13,15H,1-3,6-7H2/t12-,13-/m0/s1. The molecule has 1 aliphatic heterocycles. The SMILES string of the molecule is Clc1ccc2c(c1)[C@@H]1OCCN[C@H]1CCC2. The average molecular weight is 238 g/mol. The molecule has 0 spiro atoms. The molecule has 1 aromatic carbocycles. The molecule has 1 fully saturated rings. The molecule has 1 aliphatic carbocycles. The van der Waals surface area contributed by atoms with Crippen LogP contribution in [0.1, 0.15) is 30.1 Å². The van der Waals surface area contributed by atoms with Crippen molar-refractivity contribution in [1.29, 1.82) is 0 Å². The van der Waals surface area contributed by atoms with Crippen LogP contribution >= 0.6 is 11.6 Å². The maximum atomic E-state index is 6.09. The van der Waals surface area contributed by atoms with E-state index in [-0.39, 0.29) is 6.10 Å². The maximum Gasteiger partial charge on any atom is 0.0981 e. The summed E-state index contributed by atoms with van der Waals surface area (Å²) in [4.78, 5) is 0. The first-order valence-corrected chi connectivity index (χ1v) is 6.36. The minimum absolute atomic E-state index is 0.199. The molecule has 86 valence electrons. The molecular formula is C13H16ClNO. The van der Waals surface area contributed by atoms with Gasteiger partial charge in [0, 0.05) is 17.6 Å². The van der Waals surface area contributed by atoms with Crippen molar-refractivity contribution in [2.45, 2.75) is 31.4 Å². The van der Waals surface area contributed by atoms with Gasteiger partial charge in [0.05, 0.1) is 12.7 Å². The van der Waals surface area contributed by atoms with Crippen LogP contribution in [0.5, 0.6) is 0 Å². The first-order valence-electron chi connectivity index (χ1n) is 5.98. The molecule has 16 heavy (non-hydrogen) atoms. The zero-order chi connectivity index (χ0) is 11.0. The molecule has 1 N–H and O–H groups in total. The third-order valence-electron chi connectivity index (χ3n) is 3.55. The fraction of sp³-hybridized carbons (Fsp3) is 0.538. The van der Waals surface area contributed by atoms with Gasteiger partial charge >= 0.3 is 0 Å². The minimum Gasteiger partial charge on any atom is -0.371 e. The molecular weight excluding hydrogens is 222 g/mol. The summed E-state index contributed by atoms with van der Waals surface area (Å²) in [6.07, 6.45) is 3.76. The molecule has 2 nitrogen and oxygen atoms in total. The number of aryl methyl sites for hydroxylation is 1. The van der Waals surface area contributed by atoms with Gasteiger partial charge in [-0.25, -0.2) is 0 Å². The van der Waals surface area contributed by atoms with E-state index in [1.54, 1.807) is 0 Å². The van der Waals surface area contributed by atoms with Gasteiger partial charge in [0.15, 0.2) is 0 Å². The quantitative estimate of drug-likeness (QED) is 0.749. The third kappa shape index (κ3) is 1.86. The lowest BCUT2D eigenvalue weighted by Crippen LogP contribution is -2.43. The molecule has 3 rings (SSSR count). The molecule has 1 aromatic rings. The Morgan fingerprint density at radius 2 is 2.31 bits per heavy atom. The first kappa shape index (κ1) is 10.6. The van der Waals surface area contributed by atoms with Gasteiger partial charge < -0.3 is 10.1 Å². The van der Waals surface area contributed by atoms with Crippen molar-refractivity contribution in [3.8, 4) is 0 Å². The highest BCUT2D eigenvalue weighted by Gasteiger charge is 2.30. The molecule has 2 aliphatic rings. The van der Waals surface area contributed by atoms with E-state index in [4.69, 9.17) is 16.3 Å². The van der Waals surface area contributed by atoms with Gasteiger partial charge in [0.1, 0.15) is 0 Å². The third-order valence-corrected chi connectivity index (χ3v) is 3.78. The molecule has 0 aromatic heterocycles. The van der Waals surface area contributed by atoms with Crippen LogP contribution in [0.2, 0.25) is 5.02 Å². The van der Waals surface area contributed by atoms with E-state index in [0.29, 0.717) is 6.04 Å². The summed E-state index contributed by atoms with van der Waals surface area (Å²) in [6.45, 7) is 1.77. The molecule has 0 saturated carbocycles. The lowest BCUT2D eigenvalue weighted by Gasteiger charge is -2.32. The van der Waals surface area contributed by atoms with Crippen LogP contribution in [-0.4, -0.2) is 19.2 Å². The van der Waals surface area contributed by atoms with Crippen molar-refractivity contribution in [2.24, 2.45) is 0 Å². The Morgan fingerprint density at radius 3 is 3.25 bits per heavy atom. The summed E-state index contributed by atoms with van der Waals surface area (Å²) in [5.41, 5.74) is 2.70. The van der Waals surface area contributed by atoms with E-state index in [0.717, 1.165) is 24.6 Å². The minimum atomic E-state index is 0.199. The number of benzene rings is 1. The molecule has 2 atom stereocenters. The van der Waals surface area contributed by atoms with Crippen molar-refractivity contribution in [2.75, 3.05) is 13.2 Å². The van der Waals surface area contributed by atoms with Crippen LogP contribution < -0.4 is 5.32 Å². The number of fused-ring (bicyclic) bond motifs is 3. The fourth-order valence-electron chi connectivity index (χ4n) is 2.78. The second kappa shape index (κ2) is 4.36. The van der Waals surface area contributed by atoms with Gasteiger partial charge in [-0.3, -0.25) is 0 Å². The molecule has 1 saturated heterocycles. The van der Waals surface area contributed by atoms with Gasteiger partial charge in [0.25, 0.3) is 0 Å². The molecule has 0 amide bonds. The Morgan fingerprint density at radius 1 is 1.38 bits per heavy atom. The Kier molecular flexibility index (Phi) is 2.88. The number of hydrogen-bond donors (Lipinski definition) is 1. The van der Waals surface area contributed by atoms with Crippen molar-refractivity contribution in [3.05, 3.63) is 34.3 Å². The van der Waals surface area contributed by atoms with Crippen LogP contribution in [0.4, 0.5) is 0 Å². The first-order chi connectivity index (χ1) is 7.84. The van der Waals surface area contributed by atoms with E-state index >= 15 is 0 Å². The van der Waals surface area contributed by atoms with E-state index in [9.17, 15) is 0 Å². The van der Waals surface area contributed by atoms with Crippen LogP contribution in [0, 0.1) is 0 Å². The largest absolute Gasteiger partial charge is 0.371 e. The molecule has 0 bridgehead atoms. The topological polar surface area (TPSA) is 21.3 Å². The Balaban J connectivity index is 2.02. The van der Waals surface area contributed by atoms with Gasteiger partial charge in [-0.15, -0.1) is 0 Å². The fourth-order valence-corrected chi connectivity index (χ4v) is 2.96. The summed E-state index contributed by atoms with van der Waals surface area (Å²) >= 11 is 6.09. The van der Waals surface area contributed by atoms with E-state index in [2.05, 4.69) is 17.4 Å². The smallest absolute Gasteiger partial charge is 0.0981 e. The predicted octanol–water partition coefficient (Wildman–Crippen LogP) is 2.71. The van der Waals surface area contributed by atoms with Gasteiger partial charge in [-0.05, 0) is 42.5 Å². The van der Waals surface area contributed by atoms with Crippen molar-refractivity contribution >= 4 is 11.6 Å². The van der Waals surface area contributed by atoms with Crippen molar-refractivity contribution in [3.63, 3.8) is 0 Å². The monoisotopic (exact) mass is 237 g/mol. The summed E-state index contributed by atoms with van der Waals surface area (Å²) in [6, 6.07) is 6.68. The average Bonchev–Trinajstić information content (AvgIpc) is 2.48. The Labute approximate surface area is 101 Å². The number of nitrogens with one attached hydrogen (secondary N) is 1. The lowest BCUT2D eigenvalue weighted by atomic mass is 9.98. The normalized spacial score (nSPS) is 29.1. The van der Waals surface area contributed by atoms with Gasteiger partial charge in [0.2, 0.25) is 0 Å². The number of halogens is 1. The Bertz CT molecular complexity index is 394. The highest BCUT2D eigenvalue weighted by molar-refractivity contribution is 6.30. The predicted molar refractivity (Wildman–Crippen MR) is 64.9 cm³/mol. The molecule has 3 heteroatoms. The van der Waals surface area contributed by atoms with Crippen molar-refractivity contribution in [1.82, 2.24) is 5.32 Å². The number of rotatable bonds is 0. The zero-order valence-electron chi connectivity index (χ0n) is 9.21. The van der Waals surface area contributed by atoms with Gasteiger partial charge in [-0.2, -0.15) is 0 Å². The summed E-state index contributed by atoms with van der Waals surface area (Å²) in [7, 11) is 0. The summed E-state index contributed by atoms with van der Waals surface area (Å²) < 4.78 is 5.92. The van der Waals surface area contributed by atoms with Crippen LogP contribution in [-0.2, 0) is 11.2 Å². The highest BCUT2D eigenvalue weighted by Crippen LogP contribution is 2.34. The lowest BCUT2D eigenvalue weighted by molar-refractivity contribution is -0.00644. The van der Waals surface area contributed by atoms with Crippen molar-refractivity contribution < 1.29 is 4.74 Å². The van der Waals surface area contributed by atoms with Crippen LogP contribution in [0.15, 0.2) is 18.2 Å². The van der Waals surface area contributed by atoms with Crippen LogP contribution in [0.25, 0.3) is 0 Å². The van der Waals surface area contributed by atoms with E-state index in [1.165, 1.54) is 24.0 Å². The molecule has 0 unspecified atom stereocenters. The number of hydrogen-bond acceptors (Lipinski definition) is 2. The van der Waals surface area contributed by atoms with Gasteiger partial charge in [-0.1, -0.05) is 17.7 Å². The maximum absolute atomic E-state index is 6.09. The Hall–Kier alpha value is -0.570.